The van der Waals surface area contributed by atoms with Crippen molar-refractivity contribution < 1.29 is 4.79 Å². The molecule has 2 N–H and O–H groups in total. The quantitative estimate of drug-likeness (QED) is 0.703. The molecule has 3 aliphatic rings. The summed E-state index contributed by atoms with van der Waals surface area (Å²) >= 11 is 0. The minimum atomic E-state index is 0.0838. The molecule has 27 heavy (non-hydrogen) atoms. The van der Waals surface area contributed by atoms with Crippen LogP contribution in [0, 0.1) is 6.92 Å². The normalized spacial score (nSPS) is 18.5. The van der Waals surface area contributed by atoms with Gasteiger partial charge in [-0.05, 0) is 61.9 Å². The molecule has 1 saturated carbocycles. The van der Waals surface area contributed by atoms with Crippen LogP contribution in [0.5, 0.6) is 0 Å². The minimum Gasteiger partial charge on any atom is -0.357 e. The Bertz CT molecular complexity index is 1110. The zero-order valence-corrected chi connectivity index (χ0v) is 15.2. The lowest BCUT2D eigenvalue weighted by Gasteiger charge is -2.23. The number of aryl methyl sites for hydroxylation is 2. The van der Waals surface area contributed by atoms with Gasteiger partial charge in [-0.3, -0.25) is 14.8 Å². The molecule has 134 valence electrons. The smallest absolute Gasteiger partial charge is 0.253 e. The third kappa shape index (κ3) is 2.08. The third-order valence-corrected chi connectivity index (χ3v) is 6.41. The van der Waals surface area contributed by atoms with E-state index in [4.69, 9.17) is 0 Å². The second-order valence-electron chi connectivity index (χ2n) is 8.11. The summed E-state index contributed by atoms with van der Waals surface area (Å²) in [4.78, 5) is 25.4. The van der Waals surface area contributed by atoms with Gasteiger partial charge in [-0.2, -0.15) is 0 Å². The van der Waals surface area contributed by atoms with Crippen LogP contribution in [0.2, 0.25) is 0 Å². The molecule has 3 aromatic rings. The molecule has 4 heterocycles. The van der Waals surface area contributed by atoms with Crippen molar-refractivity contribution in [2.24, 2.45) is 0 Å². The highest BCUT2D eigenvalue weighted by atomic mass is 16.1. The Kier molecular flexibility index (Phi) is 2.84. The van der Waals surface area contributed by atoms with Gasteiger partial charge in [0.15, 0.2) is 0 Å². The maximum Gasteiger partial charge on any atom is 0.253 e. The summed E-state index contributed by atoms with van der Waals surface area (Å²) in [6, 6.07) is 6.22. The topological polar surface area (TPSA) is 70.7 Å². The maximum absolute atomic E-state index is 12.6. The number of pyridine rings is 2. The number of hydrogen-bond donors (Lipinski definition) is 2. The molecule has 0 saturated heterocycles. The summed E-state index contributed by atoms with van der Waals surface area (Å²) in [5, 5.41) is 3.11. The van der Waals surface area contributed by atoms with Crippen LogP contribution < -0.4 is 5.32 Å². The number of carbonyl (C=O) groups excluding carboxylic acids is 1. The molecule has 5 nitrogen and oxygen atoms in total. The van der Waals surface area contributed by atoms with E-state index in [1.54, 1.807) is 0 Å². The Hall–Kier alpha value is -2.95. The molecular weight excluding hydrogens is 336 g/mol. The number of fused-ring (bicyclic) bond motifs is 6. The highest BCUT2D eigenvalue weighted by Crippen LogP contribution is 2.52. The highest BCUT2D eigenvalue weighted by Gasteiger charge is 2.51. The first-order valence-corrected chi connectivity index (χ1v) is 9.60. The van der Waals surface area contributed by atoms with Crippen LogP contribution >= 0.6 is 0 Å². The average Bonchev–Trinajstić information content (AvgIpc) is 3.35. The molecule has 1 fully saturated rings. The molecule has 1 spiro atoms. The van der Waals surface area contributed by atoms with Gasteiger partial charge in [0.1, 0.15) is 0 Å². The lowest BCUT2D eigenvalue weighted by Crippen LogP contribution is -2.39. The van der Waals surface area contributed by atoms with Gasteiger partial charge in [-0.25, -0.2) is 0 Å². The van der Waals surface area contributed by atoms with E-state index in [2.05, 4.69) is 32.4 Å². The van der Waals surface area contributed by atoms with Crippen molar-refractivity contribution in [1.82, 2.24) is 20.3 Å². The molecule has 5 heteroatoms. The second-order valence-corrected chi connectivity index (χ2v) is 8.11. The van der Waals surface area contributed by atoms with Crippen molar-refractivity contribution >= 4 is 5.91 Å². The van der Waals surface area contributed by atoms with Gasteiger partial charge in [-0.15, -0.1) is 0 Å². The molecule has 2 aliphatic carbocycles. The van der Waals surface area contributed by atoms with Gasteiger partial charge in [-0.1, -0.05) is 0 Å². The van der Waals surface area contributed by atoms with Gasteiger partial charge in [0.05, 0.1) is 17.0 Å². The number of carbonyl (C=O) groups is 1. The molecule has 0 atom stereocenters. The van der Waals surface area contributed by atoms with Crippen molar-refractivity contribution in [1.29, 1.82) is 0 Å². The standard InChI is InChI=1S/C22H20N4O/c1-12-2-3-14(10-23-12)17-8-16-13(9-24-17)4-5-15-18-20(26-19(15)16)22(6-7-22)11-25-21(18)27/h2-3,8-10,26H,4-7,11H2,1H3,(H,25,27). The predicted molar refractivity (Wildman–Crippen MR) is 103 cm³/mol. The Morgan fingerprint density at radius 1 is 1.11 bits per heavy atom. The summed E-state index contributed by atoms with van der Waals surface area (Å²) in [6.07, 6.45) is 7.99. The Labute approximate surface area is 157 Å². The number of nitrogens with one attached hydrogen (secondary N) is 2. The largest absolute Gasteiger partial charge is 0.357 e. The summed E-state index contributed by atoms with van der Waals surface area (Å²) in [7, 11) is 0. The Balaban J connectivity index is 1.53. The SMILES string of the molecule is Cc1ccc(-c2cc3c(cn2)CCc2c-3[nH]c3c2C(=O)NCC32CC2)cn1. The zero-order valence-electron chi connectivity index (χ0n) is 15.2. The van der Waals surface area contributed by atoms with Gasteiger partial charge >= 0.3 is 0 Å². The van der Waals surface area contributed by atoms with E-state index in [0.29, 0.717) is 0 Å². The molecule has 0 bridgehead atoms. The number of rotatable bonds is 1. The van der Waals surface area contributed by atoms with Crippen LogP contribution in [0.3, 0.4) is 0 Å². The molecule has 0 aromatic carbocycles. The first kappa shape index (κ1) is 15.1. The number of nitrogens with zero attached hydrogens (tertiary/aromatic N) is 2. The summed E-state index contributed by atoms with van der Waals surface area (Å²) in [5.41, 5.74) is 9.89. The van der Waals surface area contributed by atoms with E-state index >= 15 is 0 Å². The highest BCUT2D eigenvalue weighted by molar-refractivity contribution is 6.01. The van der Waals surface area contributed by atoms with Gasteiger partial charge in [0, 0.05) is 46.9 Å². The molecule has 6 rings (SSSR count). The third-order valence-electron chi connectivity index (χ3n) is 6.41. The number of hydrogen-bond acceptors (Lipinski definition) is 3. The Morgan fingerprint density at radius 3 is 2.78 bits per heavy atom. The van der Waals surface area contributed by atoms with Crippen molar-refractivity contribution in [3.8, 4) is 22.5 Å². The monoisotopic (exact) mass is 356 g/mol. The van der Waals surface area contributed by atoms with Crippen LogP contribution in [0.25, 0.3) is 22.5 Å². The van der Waals surface area contributed by atoms with Crippen molar-refractivity contribution in [3.05, 3.63) is 58.7 Å². The lowest BCUT2D eigenvalue weighted by molar-refractivity contribution is 0.0936. The number of amides is 1. The molecule has 1 aliphatic heterocycles. The number of aromatic amines is 1. The van der Waals surface area contributed by atoms with E-state index in [1.807, 2.05) is 25.4 Å². The van der Waals surface area contributed by atoms with E-state index in [9.17, 15) is 4.79 Å². The first-order chi connectivity index (χ1) is 13.1. The molecule has 1 amide bonds. The fourth-order valence-corrected chi connectivity index (χ4v) is 4.62. The van der Waals surface area contributed by atoms with E-state index in [0.717, 1.165) is 60.4 Å². The first-order valence-electron chi connectivity index (χ1n) is 9.60. The molecular formula is C22H20N4O. The average molecular weight is 356 g/mol. The molecule has 3 aromatic heterocycles. The maximum atomic E-state index is 12.6. The van der Waals surface area contributed by atoms with Crippen LogP contribution in [0.4, 0.5) is 0 Å². The van der Waals surface area contributed by atoms with Crippen LogP contribution in [0.1, 0.15) is 45.7 Å². The predicted octanol–water partition coefficient (Wildman–Crippen LogP) is 3.32. The summed E-state index contributed by atoms with van der Waals surface area (Å²) in [5.74, 6) is 0.0838. The van der Waals surface area contributed by atoms with Crippen LogP contribution in [-0.4, -0.2) is 27.4 Å². The van der Waals surface area contributed by atoms with E-state index in [1.165, 1.54) is 22.4 Å². The van der Waals surface area contributed by atoms with Crippen LogP contribution in [-0.2, 0) is 18.3 Å². The second kappa shape index (κ2) is 5.06. The fraction of sp³-hybridized carbons (Fsp3) is 0.318. The van der Waals surface area contributed by atoms with Gasteiger partial charge < -0.3 is 10.3 Å². The Morgan fingerprint density at radius 2 is 2.00 bits per heavy atom. The van der Waals surface area contributed by atoms with E-state index < -0.39 is 0 Å². The van der Waals surface area contributed by atoms with E-state index in [-0.39, 0.29) is 11.3 Å². The minimum absolute atomic E-state index is 0.0838. The summed E-state index contributed by atoms with van der Waals surface area (Å²) in [6.45, 7) is 2.75. The van der Waals surface area contributed by atoms with Crippen molar-refractivity contribution in [2.45, 2.75) is 38.0 Å². The number of H-pyrrole nitrogens is 1. The van der Waals surface area contributed by atoms with Crippen molar-refractivity contribution in [3.63, 3.8) is 0 Å². The lowest BCUT2D eigenvalue weighted by atomic mass is 9.86. The fourth-order valence-electron chi connectivity index (χ4n) is 4.62. The number of aromatic nitrogens is 3. The van der Waals surface area contributed by atoms with Gasteiger partial charge in [0.25, 0.3) is 5.91 Å². The van der Waals surface area contributed by atoms with Gasteiger partial charge in [0.2, 0.25) is 0 Å². The van der Waals surface area contributed by atoms with Crippen molar-refractivity contribution in [2.75, 3.05) is 6.54 Å². The molecule has 0 radical (unpaired) electrons. The zero-order chi connectivity index (χ0) is 18.2. The summed E-state index contributed by atoms with van der Waals surface area (Å²) < 4.78 is 0. The molecule has 0 unspecified atom stereocenters. The van der Waals surface area contributed by atoms with Crippen LogP contribution in [0.15, 0.2) is 30.6 Å².